The van der Waals surface area contributed by atoms with Crippen LogP contribution in [0.25, 0.3) is 0 Å². The minimum absolute atomic E-state index is 0.151. The van der Waals surface area contributed by atoms with Gasteiger partial charge in [0.2, 0.25) is 0 Å². The lowest BCUT2D eigenvalue weighted by Crippen LogP contribution is -2.10. The summed E-state index contributed by atoms with van der Waals surface area (Å²) in [5, 5.41) is 8.76. The molecule has 0 amide bonds. The molecule has 0 aliphatic heterocycles. The van der Waals surface area contributed by atoms with E-state index in [9.17, 15) is 8.42 Å². The van der Waals surface area contributed by atoms with Crippen LogP contribution in [0, 0.1) is 18.3 Å². The summed E-state index contributed by atoms with van der Waals surface area (Å²) in [7, 11) is -3.88. The van der Waals surface area contributed by atoms with E-state index >= 15 is 0 Å². The lowest BCUT2D eigenvalue weighted by molar-refractivity contribution is 0.486. The first kappa shape index (κ1) is 17.0. The highest BCUT2D eigenvalue weighted by atomic mass is 32.2. The molecule has 0 saturated carbocycles. The van der Waals surface area contributed by atoms with Gasteiger partial charge in [0.1, 0.15) is 10.6 Å². The minimum Gasteiger partial charge on any atom is -0.379 e. The van der Waals surface area contributed by atoms with Crippen molar-refractivity contribution in [1.82, 2.24) is 0 Å². The van der Waals surface area contributed by atoms with Gasteiger partial charge in [-0.2, -0.15) is 13.7 Å². The summed E-state index contributed by atoms with van der Waals surface area (Å²) >= 11 is 0. The SMILES string of the molecule is CCCCc1cc(S(=O)(=O)Oc2ccc(C#N)cc2)ccc1C. The van der Waals surface area contributed by atoms with E-state index in [1.54, 1.807) is 18.2 Å². The maximum absolute atomic E-state index is 12.4. The zero-order chi connectivity index (χ0) is 16.9. The Labute approximate surface area is 137 Å². The molecule has 0 radical (unpaired) electrons. The lowest BCUT2D eigenvalue weighted by Gasteiger charge is -2.10. The summed E-state index contributed by atoms with van der Waals surface area (Å²) in [6, 6.07) is 13.0. The lowest BCUT2D eigenvalue weighted by atomic mass is 10.0. The van der Waals surface area contributed by atoms with Crippen LogP contribution in [0.5, 0.6) is 5.75 Å². The van der Waals surface area contributed by atoms with E-state index in [4.69, 9.17) is 9.44 Å². The van der Waals surface area contributed by atoms with Crippen molar-refractivity contribution in [3.63, 3.8) is 0 Å². The Morgan fingerprint density at radius 3 is 2.43 bits per heavy atom. The number of aryl methyl sites for hydroxylation is 2. The van der Waals surface area contributed by atoms with Crippen molar-refractivity contribution in [1.29, 1.82) is 5.26 Å². The van der Waals surface area contributed by atoms with Gasteiger partial charge in [-0.1, -0.05) is 19.4 Å². The topological polar surface area (TPSA) is 67.2 Å². The molecule has 0 N–H and O–H groups in total. The van der Waals surface area contributed by atoms with E-state index in [1.165, 1.54) is 24.3 Å². The number of hydrogen-bond donors (Lipinski definition) is 0. The molecule has 0 fully saturated rings. The standard InChI is InChI=1S/C18H19NO3S/c1-3-4-5-16-12-18(11-6-14(16)2)23(20,21)22-17-9-7-15(13-19)8-10-17/h6-12H,3-5H2,1-2H3. The fourth-order valence-electron chi connectivity index (χ4n) is 2.20. The molecular weight excluding hydrogens is 310 g/mol. The molecule has 5 heteroatoms. The Morgan fingerprint density at radius 2 is 1.83 bits per heavy atom. The first-order chi connectivity index (χ1) is 11.0. The van der Waals surface area contributed by atoms with Gasteiger partial charge in [0, 0.05) is 0 Å². The Morgan fingerprint density at radius 1 is 1.13 bits per heavy atom. The molecule has 0 atom stereocenters. The molecular formula is C18H19NO3S. The maximum Gasteiger partial charge on any atom is 0.339 e. The van der Waals surface area contributed by atoms with Crippen molar-refractivity contribution in [2.24, 2.45) is 0 Å². The molecule has 23 heavy (non-hydrogen) atoms. The molecule has 0 bridgehead atoms. The molecule has 0 aliphatic rings. The molecule has 0 unspecified atom stereocenters. The molecule has 0 spiro atoms. The Balaban J connectivity index is 2.26. The largest absolute Gasteiger partial charge is 0.379 e. The van der Waals surface area contributed by atoms with Crippen LogP contribution in [0.15, 0.2) is 47.4 Å². The summed E-state index contributed by atoms with van der Waals surface area (Å²) < 4.78 is 30.0. The van der Waals surface area contributed by atoms with Gasteiger partial charge in [0.25, 0.3) is 0 Å². The first-order valence-corrected chi connectivity index (χ1v) is 8.91. The van der Waals surface area contributed by atoms with Gasteiger partial charge in [0.05, 0.1) is 11.6 Å². The van der Waals surface area contributed by atoms with Crippen molar-refractivity contribution in [3.8, 4) is 11.8 Å². The van der Waals surface area contributed by atoms with E-state index in [0.717, 1.165) is 30.4 Å². The average Bonchev–Trinajstić information content (AvgIpc) is 2.54. The zero-order valence-electron chi connectivity index (χ0n) is 13.2. The Bertz CT molecular complexity index is 818. The molecule has 2 aromatic carbocycles. The summed E-state index contributed by atoms with van der Waals surface area (Å²) in [6.07, 6.45) is 2.92. The van der Waals surface area contributed by atoms with Gasteiger partial charge in [-0.3, -0.25) is 0 Å². The van der Waals surface area contributed by atoms with E-state index in [1.807, 2.05) is 13.0 Å². The number of nitriles is 1. The fourth-order valence-corrected chi connectivity index (χ4v) is 3.18. The normalized spacial score (nSPS) is 11.0. The summed E-state index contributed by atoms with van der Waals surface area (Å²) in [5.74, 6) is 0.194. The monoisotopic (exact) mass is 329 g/mol. The van der Waals surface area contributed by atoms with Crippen molar-refractivity contribution in [2.75, 3.05) is 0 Å². The second-order valence-corrected chi connectivity index (χ2v) is 6.91. The van der Waals surface area contributed by atoms with Crippen LogP contribution in [-0.2, 0) is 16.5 Å². The van der Waals surface area contributed by atoms with Crippen molar-refractivity contribution < 1.29 is 12.6 Å². The van der Waals surface area contributed by atoms with Gasteiger partial charge >= 0.3 is 10.1 Å². The molecule has 0 heterocycles. The van der Waals surface area contributed by atoms with Crippen LogP contribution in [-0.4, -0.2) is 8.42 Å². The first-order valence-electron chi connectivity index (χ1n) is 7.50. The second kappa shape index (κ2) is 7.30. The van der Waals surface area contributed by atoms with Crippen LogP contribution in [0.3, 0.4) is 0 Å². The van der Waals surface area contributed by atoms with Gasteiger partial charge in [0.15, 0.2) is 0 Å². The third-order valence-corrected chi connectivity index (χ3v) is 4.84. The number of nitrogens with zero attached hydrogens (tertiary/aromatic N) is 1. The fraction of sp³-hybridized carbons (Fsp3) is 0.278. The number of benzene rings is 2. The molecule has 120 valence electrons. The third-order valence-electron chi connectivity index (χ3n) is 3.60. The summed E-state index contributed by atoms with van der Waals surface area (Å²) in [4.78, 5) is 0.151. The molecule has 2 rings (SSSR count). The van der Waals surface area contributed by atoms with E-state index in [-0.39, 0.29) is 10.6 Å². The van der Waals surface area contributed by atoms with Gasteiger partial charge < -0.3 is 4.18 Å². The van der Waals surface area contributed by atoms with Crippen LogP contribution in [0.4, 0.5) is 0 Å². The minimum atomic E-state index is -3.88. The highest BCUT2D eigenvalue weighted by Gasteiger charge is 2.18. The average molecular weight is 329 g/mol. The van der Waals surface area contributed by atoms with Crippen molar-refractivity contribution in [2.45, 2.75) is 38.0 Å². The molecule has 0 aromatic heterocycles. The molecule has 0 saturated heterocycles. The summed E-state index contributed by atoms with van der Waals surface area (Å²) in [5.41, 5.74) is 2.55. The number of hydrogen-bond acceptors (Lipinski definition) is 4. The smallest absolute Gasteiger partial charge is 0.339 e. The third kappa shape index (κ3) is 4.33. The quantitative estimate of drug-likeness (QED) is 0.752. The molecule has 2 aromatic rings. The maximum atomic E-state index is 12.4. The van der Waals surface area contributed by atoms with E-state index in [2.05, 4.69) is 6.92 Å². The van der Waals surface area contributed by atoms with Crippen LogP contribution in [0.1, 0.15) is 36.5 Å². The predicted molar refractivity (Wildman–Crippen MR) is 88.8 cm³/mol. The zero-order valence-corrected chi connectivity index (χ0v) is 14.1. The van der Waals surface area contributed by atoms with Gasteiger partial charge in [-0.05, 0) is 67.3 Å². The molecule has 4 nitrogen and oxygen atoms in total. The van der Waals surface area contributed by atoms with Crippen LogP contribution < -0.4 is 4.18 Å². The second-order valence-electron chi connectivity index (χ2n) is 5.37. The Kier molecular flexibility index (Phi) is 5.41. The number of rotatable bonds is 6. The van der Waals surface area contributed by atoms with Crippen LogP contribution >= 0.6 is 0 Å². The van der Waals surface area contributed by atoms with Gasteiger partial charge in [-0.25, -0.2) is 0 Å². The van der Waals surface area contributed by atoms with Gasteiger partial charge in [-0.15, -0.1) is 0 Å². The highest BCUT2D eigenvalue weighted by molar-refractivity contribution is 7.87. The number of unbranched alkanes of at least 4 members (excludes halogenated alkanes) is 1. The van der Waals surface area contributed by atoms with Crippen molar-refractivity contribution >= 4 is 10.1 Å². The molecule has 0 aliphatic carbocycles. The highest BCUT2D eigenvalue weighted by Crippen LogP contribution is 2.22. The predicted octanol–water partition coefficient (Wildman–Crippen LogP) is 3.98. The van der Waals surface area contributed by atoms with Crippen molar-refractivity contribution in [3.05, 3.63) is 59.2 Å². The Hall–Kier alpha value is -2.32. The van der Waals surface area contributed by atoms with Crippen LogP contribution in [0.2, 0.25) is 0 Å². The summed E-state index contributed by atoms with van der Waals surface area (Å²) in [6.45, 7) is 4.08. The van der Waals surface area contributed by atoms with E-state index in [0.29, 0.717) is 5.56 Å². The van der Waals surface area contributed by atoms with E-state index < -0.39 is 10.1 Å².